The smallest absolute Gasteiger partial charge is 0.251 e. The van der Waals surface area contributed by atoms with E-state index in [1.165, 1.54) is 11.0 Å². The van der Waals surface area contributed by atoms with Gasteiger partial charge < -0.3 is 5.32 Å². The molecule has 0 spiro atoms. The molecule has 24 heavy (non-hydrogen) atoms. The number of carbonyl (C=O) groups is 1. The summed E-state index contributed by atoms with van der Waals surface area (Å²) in [6.45, 7) is 1.86. The van der Waals surface area contributed by atoms with Crippen LogP contribution in [0.2, 0.25) is 10.0 Å². The lowest BCUT2D eigenvalue weighted by Crippen LogP contribution is -2.27. The largest absolute Gasteiger partial charge is 0.345 e. The number of nitrogens with zero attached hydrogens (tertiary/aromatic N) is 4. The average Bonchev–Trinajstić information content (AvgIpc) is 3.09. The van der Waals surface area contributed by atoms with Crippen LogP contribution in [0.3, 0.4) is 0 Å². The molecule has 1 aromatic heterocycles. The Balaban J connectivity index is 1.78. The highest BCUT2D eigenvalue weighted by Crippen LogP contribution is 2.26. The number of nitrogens with one attached hydrogen (secondary N) is 1. The van der Waals surface area contributed by atoms with Gasteiger partial charge >= 0.3 is 0 Å². The number of carbonyl (C=O) groups excluding carboxylic acids is 1. The molecule has 3 aromatic rings. The van der Waals surface area contributed by atoms with Crippen LogP contribution >= 0.6 is 23.2 Å². The number of benzene rings is 2. The fourth-order valence-electron chi connectivity index (χ4n) is 2.28. The Bertz CT molecular complexity index is 867. The van der Waals surface area contributed by atoms with Crippen LogP contribution < -0.4 is 5.32 Å². The molecule has 1 heterocycles. The molecule has 3 rings (SSSR count). The minimum atomic E-state index is -0.265. The van der Waals surface area contributed by atoms with Crippen LogP contribution in [0, 0.1) is 0 Å². The zero-order valence-corrected chi connectivity index (χ0v) is 14.2. The second kappa shape index (κ2) is 6.98. The lowest BCUT2D eigenvalue weighted by Gasteiger charge is -2.16. The van der Waals surface area contributed by atoms with Crippen LogP contribution in [0.5, 0.6) is 0 Å². The molecular formula is C16H13Cl2N5O. The molecule has 1 unspecified atom stereocenters. The molecule has 1 N–H and O–H groups in total. The van der Waals surface area contributed by atoms with Gasteiger partial charge in [-0.15, -0.1) is 5.10 Å². The van der Waals surface area contributed by atoms with Crippen molar-refractivity contribution in [3.63, 3.8) is 0 Å². The fraction of sp³-hybridized carbons (Fsp3) is 0.125. The Morgan fingerprint density at radius 2 is 2.04 bits per heavy atom. The standard InChI is InChI=1S/C16H13Cl2N5O/c1-10(14-6-5-12(17)8-15(14)18)20-16(24)11-3-2-4-13(7-11)23-9-19-21-22-23/h2-10H,1H3,(H,20,24). The molecule has 1 amide bonds. The predicted octanol–water partition coefficient (Wildman–Crippen LogP) is 3.46. The van der Waals surface area contributed by atoms with Crippen molar-refractivity contribution in [3.05, 3.63) is 70.0 Å². The Kier molecular flexibility index (Phi) is 4.78. The van der Waals surface area contributed by atoms with Crippen LogP contribution in [-0.2, 0) is 0 Å². The number of rotatable bonds is 4. The van der Waals surface area contributed by atoms with E-state index >= 15 is 0 Å². The highest BCUT2D eigenvalue weighted by Gasteiger charge is 2.15. The number of aromatic nitrogens is 4. The summed E-state index contributed by atoms with van der Waals surface area (Å²) in [5.41, 5.74) is 2.00. The first-order valence-electron chi connectivity index (χ1n) is 7.14. The van der Waals surface area contributed by atoms with Gasteiger partial charge in [-0.1, -0.05) is 35.3 Å². The van der Waals surface area contributed by atoms with Crippen molar-refractivity contribution in [1.82, 2.24) is 25.5 Å². The molecule has 0 radical (unpaired) electrons. The van der Waals surface area contributed by atoms with Crippen LogP contribution in [0.25, 0.3) is 5.69 Å². The van der Waals surface area contributed by atoms with Crippen molar-refractivity contribution in [2.75, 3.05) is 0 Å². The van der Waals surface area contributed by atoms with Crippen LogP contribution in [-0.4, -0.2) is 26.1 Å². The maximum atomic E-state index is 12.5. The van der Waals surface area contributed by atoms with Gasteiger partial charge in [-0.05, 0) is 53.2 Å². The lowest BCUT2D eigenvalue weighted by molar-refractivity contribution is 0.0940. The highest BCUT2D eigenvalue weighted by molar-refractivity contribution is 6.35. The van der Waals surface area contributed by atoms with E-state index in [9.17, 15) is 4.79 Å². The van der Waals surface area contributed by atoms with Gasteiger partial charge in [-0.2, -0.15) is 0 Å². The number of amides is 1. The zero-order valence-electron chi connectivity index (χ0n) is 12.6. The number of hydrogen-bond acceptors (Lipinski definition) is 4. The monoisotopic (exact) mass is 361 g/mol. The summed E-state index contributed by atoms with van der Waals surface area (Å²) >= 11 is 12.1. The predicted molar refractivity (Wildman–Crippen MR) is 91.5 cm³/mol. The van der Waals surface area contributed by atoms with Gasteiger partial charge in [0.05, 0.1) is 11.7 Å². The topological polar surface area (TPSA) is 72.7 Å². The van der Waals surface area contributed by atoms with Gasteiger partial charge in [0, 0.05) is 15.6 Å². The second-order valence-corrected chi connectivity index (χ2v) is 6.01. The molecule has 0 fully saturated rings. The summed E-state index contributed by atoms with van der Waals surface area (Å²) < 4.78 is 1.48. The normalized spacial score (nSPS) is 12.0. The van der Waals surface area contributed by atoms with E-state index in [1.54, 1.807) is 36.4 Å². The third-order valence-electron chi connectivity index (χ3n) is 3.50. The van der Waals surface area contributed by atoms with Gasteiger partial charge in [0.25, 0.3) is 5.91 Å². The molecule has 0 saturated carbocycles. The summed E-state index contributed by atoms with van der Waals surface area (Å²) in [7, 11) is 0. The summed E-state index contributed by atoms with van der Waals surface area (Å²) in [6, 6.07) is 11.9. The number of hydrogen-bond donors (Lipinski definition) is 1. The van der Waals surface area contributed by atoms with Crippen LogP contribution in [0.1, 0.15) is 28.9 Å². The Morgan fingerprint density at radius 1 is 1.21 bits per heavy atom. The van der Waals surface area contributed by atoms with Crippen molar-refractivity contribution >= 4 is 29.1 Å². The van der Waals surface area contributed by atoms with E-state index in [-0.39, 0.29) is 11.9 Å². The molecule has 0 saturated heterocycles. The van der Waals surface area contributed by atoms with Crippen molar-refractivity contribution < 1.29 is 4.79 Å². The maximum absolute atomic E-state index is 12.5. The number of tetrazole rings is 1. The first-order valence-corrected chi connectivity index (χ1v) is 7.89. The van der Waals surface area contributed by atoms with E-state index in [2.05, 4.69) is 20.8 Å². The number of halogens is 2. The van der Waals surface area contributed by atoms with E-state index < -0.39 is 0 Å². The zero-order chi connectivity index (χ0) is 17.1. The van der Waals surface area contributed by atoms with Gasteiger partial charge in [-0.3, -0.25) is 4.79 Å². The SMILES string of the molecule is CC(NC(=O)c1cccc(-n2cnnn2)c1)c1ccc(Cl)cc1Cl. The van der Waals surface area contributed by atoms with Crippen molar-refractivity contribution in [1.29, 1.82) is 0 Å². The van der Waals surface area contributed by atoms with E-state index in [4.69, 9.17) is 23.2 Å². The Labute approximate surface area is 148 Å². The van der Waals surface area contributed by atoms with Gasteiger partial charge in [-0.25, -0.2) is 4.68 Å². The molecule has 0 aliphatic rings. The van der Waals surface area contributed by atoms with Crippen molar-refractivity contribution in [2.24, 2.45) is 0 Å². The second-order valence-electron chi connectivity index (χ2n) is 5.17. The minimum absolute atomic E-state index is 0.219. The Morgan fingerprint density at radius 3 is 2.75 bits per heavy atom. The van der Waals surface area contributed by atoms with E-state index in [0.29, 0.717) is 21.3 Å². The molecule has 6 nitrogen and oxygen atoms in total. The van der Waals surface area contributed by atoms with E-state index in [0.717, 1.165) is 5.56 Å². The van der Waals surface area contributed by atoms with Crippen LogP contribution in [0.4, 0.5) is 0 Å². The van der Waals surface area contributed by atoms with Crippen molar-refractivity contribution in [2.45, 2.75) is 13.0 Å². The summed E-state index contributed by atoms with van der Waals surface area (Å²) in [5.74, 6) is -0.219. The van der Waals surface area contributed by atoms with Gasteiger partial charge in [0.1, 0.15) is 6.33 Å². The summed E-state index contributed by atoms with van der Waals surface area (Å²) in [4.78, 5) is 12.5. The summed E-state index contributed by atoms with van der Waals surface area (Å²) in [6.07, 6.45) is 1.47. The lowest BCUT2D eigenvalue weighted by atomic mass is 10.1. The first-order chi connectivity index (χ1) is 11.5. The molecule has 8 heteroatoms. The van der Waals surface area contributed by atoms with Crippen molar-refractivity contribution in [3.8, 4) is 5.69 Å². The quantitative estimate of drug-likeness (QED) is 0.772. The van der Waals surface area contributed by atoms with E-state index in [1.807, 2.05) is 13.0 Å². The maximum Gasteiger partial charge on any atom is 0.251 e. The van der Waals surface area contributed by atoms with Gasteiger partial charge in [0.2, 0.25) is 0 Å². The average molecular weight is 362 g/mol. The highest BCUT2D eigenvalue weighted by atomic mass is 35.5. The minimum Gasteiger partial charge on any atom is -0.345 e. The first kappa shape index (κ1) is 16.4. The molecule has 2 aromatic carbocycles. The molecule has 1 atom stereocenters. The third kappa shape index (κ3) is 3.55. The fourth-order valence-corrected chi connectivity index (χ4v) is 2.85. The molecule has 0 aliphatic carbocycles. The Hall–Kier alpha value is -2.44. The molecule has 0 aliphatic heterocycles. The molecule has 0 bridgehead atoms. The third-order valence-corrected chi connectivity index (χ3v) is 4.06. The van der Waals surface area contributed by atoms with Gasteiger partial charge in [0.15, 0.2) is 0 Å². The molecule has 122 valence electrons. The van der Waals surface area contributed by atoms with Crippen LogP contribution in [0.15, 0.2) is 48.8 Å². The summed E-state index contributed by atoms with van der Waals surface area (Å²) in [5, 5.41) is 15.0. The molecular weight excluding hydrogens is 349 g/mol.